The molecule has 1 heterocycles. The fourth-order valence-electron chi connectivity index (χ4n) is 1.97. The number of rotatable bonds is 1. The molecule has 2 heteroatoms. The van der Waals surface area contributed by atoms with Crippen LogP contribution in [0.2, 0.25) is 0 Å². The van der Waals surface area contributed by atoms with E-state index in [4.69, 9.17) is 0 Å². The predicted molar refractivity (Wildman–Crippen MR) is 68.1 cm³/mol. The average molecular weight is 221 g/mol. The Morgan fingerprint density at radius 1 is 1.47 bits per heavy atom. The minimum atomic E-state index is 0. The maximum Gasteiger partial charge on any atom is 1.00 e. The van der Waals surface area contributed by atoms with Gasteiger partial charge in [-0.05, 0) is 0 Å². The number of benzene rings is 1. The zero-order chi connectivity index (χ0) is 11.4. The molecule has 0 aromatic heterocycles. The van der Waals surface area contributed by atoms with Crippen molar-refractivity contribution in [2.45, 2.75) is 38.1 Å². The number of aryl methyl sites for hydroxylation is 1. The van der Waals surface area contributed by atoms with Gasteiger partial charge >= 0.3 is 18.9 Å². The Morgan fingerprint density at radius 2 is 2.24 bits per heavy atom. The summed E-state index contributed by atoms with van der Waals surface area (Å²) in [4.78, 5) is 0. The van der Waals surface area contributed by atoms with Crippen LogP contribution in [0.1, 0.15) is 36.3 Å². The molecule has 0 spiro atoms. The fourth-order valence-corrected chi connectivity index (χ4v) is 1.97. The second-order valence-electron chi connectivity index (χ2n) is 4.69. The van der Waals surface area contributed by atoms with Gasteiger partial charge in [0.2, 0.25) is 0 Å². The van der Waals surface area contributed by atoms with E-state index in [1.54, 1.807) is 0 Å². The molecule has 1 aliphatic heterocycles. The number of hydrogen-bond donors (Lipinski definition) is 1. The summed E-state index contributed by atoms with van der Waals surface area (Å²) in [5.41, 5.74) is 2.95. The maximum atomic E-state index is 3.80. The summed E-state index contributed by atoms with van der Waals surface area (Å²) in [5.74, 6) is 0.873. The molecule has 1 N–H and O–H groups in total. The molecule has 0 radical (unpaired) electrons. The fraction of sp³-hybridized carbons (Fsp3) is 0.467. The number of hydrogen-bond acceptors (Lipinski definition) is 1. The van der Waals surface area contributed by atoms with Crippen molar-refractivity contribution in [3.63, 3.8) is 0 Å². The standard InChI is InChI=1S/C10H11.C5H9N.Li/c1-8-4-2-3-5-10(8)9-6-7-9;1-5-3-2-4-6-5;/h2,4-5,9H,6-7H2,1H3;2,5-6H,1,3-4H2;/q-1;-2;+1/t;5-;/m.1./s1. The molecule has 0 amide bonds. The van der Waals surface area contributed by atoms with Gasteiger partial charge < -0.3 is 18.7 Å². The van der Waals surface area contributed by atoms with Crippen molar-refractivity contribution >= 4 is 0 Å². The van der Waals surface area contributed by atoms with Crippen LogP contribution >= 0.6 is 0 Å². The summed E-state index contributed by atoms with van der Waals surface area (Å²) in [6.45, 7) is 7.03. The van der Waals surface area contributed by atoms with E-state index in [0.29, 0.717) is 6.04 Å². The van der Waals surface area contributed by atoms with Gasteiger partial charge in [0.1, 0.15) is 0 Å². The van der Waals surface area contributed by atoms with Crippen LogP contribution in [0.3, 0.4) is 0 Å². The van der Waals surface area contributed by atoms with Crippen LogP contribution < -0.4 is 24.2 Å². The zero-order valence-corrected chi connectivity index (χ0v) is 11.0. The minimum Gasteiger partial charge on any atom is -0.375 e. The molecule has 2 aliphatic rings. The molecule has 0 bridgehead atoms. The van der Waals surface area contributed by atoms with E-state index in [9.17, 15) is 0 Å². The quantitative estimate of drug-likeness (QED) is 0.522. The summed E-state index contributed by atoms with van der Waals surface area (Å²) in [7, 11) is 0. The molecule has 1 saturated heterocycles. The maximum absolute atomic E-state index is 3.80. The molecule has 0 unspecified atom stereocenters. The molecule has 1 nitrogen and oxygen atoms in total. The molecule has 88 valence electrons. The van der Waals surface area contributed by atoms with Gasteiger partial charge in [0.05, 0.1) is 0 Å². The van der Waals surface area contributed by atoms with E-state index < -0.39 is 0 Å². The van der Waals surface area contributed by atoms with Crippen LogP contribution in [0.25, 0.3) is 0 Å². The minimum absolute atomic E-state index is 0. The molecular weight excluding hydrogens is 201 g/mol. The Balaban J connectivity index is 0.000000180. The monoisotopic (exact) mass is 221 g/mol. The van der Waals surface area contributed by atoms with Crippen LogP contribution in [0, 0.1) is 26.3 Å². The van der Waals surface area contributed by atoms with Gasteiger partial charge in [0, 0.05) is 0 Å². The summed E-state index contributed by atoms with van der Waals surface area (Å²) in [6, 6.07) is 9.88. The van der Waals surface area contributed by atoms with Crippen molar-refractivity contribution < 1.29 is 18.9 Å². The Kier molecular flexibility index (Phi) is 6.34. The molecule has 1 atom stereocenters. The summed E-state index contributed by atoms with van der Waals surface area (Å²) < 4.78 is 0. The normalized spacial score (nSPS) is 22.4. The van der Waals surface area contributed by atoms with E-state index in [1.165, 1.54) is 24.0 Å². The SMILES string of the molecule is Cc1cc[c-]cc1C1CC1.[CH2-][C@@H]1C[CH-]CN1.[Li+]. The Hall–Kier alpha value is -0.223. The van der Waals surface area contributed by atoms with Gasteiger partial charge in [-0.25, -0.2) is 0 Å². The Bertz CT molecular complexity index is 327. The first-order valence-corrected chi connectivity index (χ1v) is 6.12. The van der Waals surface area contributed by atoms with Crippen molar-refractivity contribution in [2.75, 3.05) is 6.54 Å². The van der Waals surface area contributed by atoms with Gasteiger partial charge in [0.15, 0.2) is 0 Å². The number of nitrogens with one attached hydrogen (secondary N) is 1. The van der Waals surface area contributed by atoms with Crippen molar-refractivity contribution in [2.24, 2.45) is 0 Å². The molecule has 3 rings (SSSR count). The van der Waals surface area contributed by atoms with Crippen molar-refractivity contribution in [1.29, 1.82) is 0 Å². The van der Waals surface area contributed by atoms with E-state index >= 15 is 0 Å². The summed E-state index contributed by atoms with van der Waals surface area (Å²) in [5, 5.41) is 3.15. The van der Waals surface area contributed by atoms with Gasteiger partial charge in [-0.1, -0.05) is 25.7 Å². The van der Waals surface area contributed by atoms with Crippen LogP contribution in [0.15, 0.2) is 18.2 Å². The van der Waals surface area contributed by atoms with Gasteiger partial charge in [0.25, 0.3) is 0 Å². The molecule has 1 aromatic carbocycles. The van der Waals surface area contributed by atoms with Crippen LogP contribution in [-0.4, -0.2) is 12.6 Å². The predicted octanol–water partition coefficient (Wildman–Crippen LogP) is 0.0633. The van der Waals surface area contributed by atoms with Gasteiger partial charge in [-0.3, -0.25) is 0 Å². The first kappa shape index (κ1) is 14.8. The molecular formula is C15H20LiN-2. The molecule has 1 aliphatic carbocycles. The second-order valence-corrected chi connectivity index (χ2v) is 4.69. The van der Waals surface area contributed by atoms with E-state index in [2.05, 4.69) is 43.8 Å². The third kappa shape index (κ3) is 4.88. The van der Waals surface area contributed by atoms with E-state index in [-0.39, 0.29) is 18.9 Å². The summed E-state index contributed by atoms with van der Waals surface area (Å²) >= 11 is 0. The molecule has 1 aromatic rings. The first-order valence-electron chi connectivity index (χ1n) is 6.12. The Morgan fingerprint density at radius 3 is 2.65 bits per heavy atom. The van der Waals surface area contributed by atoms with Crippen LogP contribution in [0.5, 0.6) is 0 Å². The van der Waals surface area contributed by atoms with Gasteiger partial charge in [-0.15, -0.1) is 18.2 Å². The third-order valence-electron chi connectivity index (χ3n) is 3.14. The topological polar surface area (TPSA) is 12.0 Å². The third-order valence-corrected chi connectivity index (χ3v) is 3.14. The molecule has 2 fully saturated rings. The average Bonchev–Trinajstić information content (AvgIpc) is 3.02. The van der Waals surface area contributed by atoms with E-state index in [0.717, 1.165) is 18.9 Å². The van der Waals surface area contributed by atoms with Crippen molar-refractivity contribution in [1.82, 2.24) is 5.32 Å². The van der Waals surface area contributed by atoms with Crippen LogP contribution in [0.4, 0.5) is 0 Å². The van der Waals surface area contributed by atoms with Crippen molar-refractivity contribution in [3.05, 3.63) is 48.7 Å². The second kappa shape index (κ2) is 7.26. The Labute approximate surface area is 118 Å². The smallest absolute Gasteiger partial charge is 0.375 e. The van der Waals surface area contributed by atoms with Crippen LogP contribution in [-0.2, 0) is 0 Å². The molecule has 1 saturated carbocycles. The molecule has 17 heavy (non-hydrogen) atoms. The van der Waals surface area contributed by atoms with E-state index in [1.807, 2.05) is 6.07 Å². The van der Waals surface area contributed by atoms with Gasteiger partial charge in [-0.2, -0.15) is 36.2 Å². The largest absolute Gasteiger partial charge is 1.00 e. The summed E-state index contributed by atoms with van der Waals surface area (Å²) in [6.07, 6.45) is 6.12. The zero-order valence-electron chi connectivity index (χ0n) is 11.0. The first-order chi connectivity index (χ1) is 7.77. The van der Waals surface area contributed by atoms with Crippen molar-refractivity contribution in [3.8, 4) is 0 Å².